The van der Waals surface area contributed by atoms with Gasteiger partial charge in [0.15, 0.2) is 0 Å². The zero-order valence-electron chi connectivity index (χ0n) is 14.8. The van der Waals surface area contributed by atoms with Crippen LogP contribution in [0.5, 0.6) is 0 Å². The van der Waals surface area contributed by atoms with Crippen LogP contribution in [0, 0.1) is 0 Å². The molecule has 0 fully saturated rings. The Hall–Kier alpha value is -2.37. The summed E-state index contributed by atoms with van der Waals surface area (Å²) in [5, 5.41) is 0. The van der Waals surface area contributed by atoms with E-state index in [4.69, 9.17) is 4.74 Å². The molecule has 0 saturated carbocycles. The van der Waals surface area contributed by atoms with Crippen LogP contribution in [-0.4, -0.2) is 52.4 Å². The lowest BCUT2D eigenvalue weighted by atomic mass is 10.1. The van der Waals surface area contributed by atoms with Crippen LogP contribution < -0.4 is 0 Å². The molecule has 2 rings (SSSR count). The topological polar surface area (TPSA) is 66.9 Å². The Morgan fingerprint density at radius 2 is 1.67 bits per heavy atom. The molecule has 130 valence electrons. The van der Waals surface area contributed by atoms with Gasteiger partial charge < -0.3 is 9.64 Å². The Bertz CT molecular complexity index is 628. The predicted octanol–water partition coefficient (Wildman–Crippen LogP) is 2.93. The van der Waals surface area contributed by atoms with E-state index in [-0.39, 0.29) is 24.4 Å². The fourth-order valence-electron chi connectivity index (χ4n) is 2.71. The average molecular weight is 332 g/mol. The molecule has 6 nitrogen and oxygen atoms in total. The minimum Gasteiger partial charge on any atom is -0.444 e. The maximum absolute atomic E-state index is 12.4. The van der Waals surface area contributed by atoms with Crippen LogP contribution in [0.4, 0.5) is 4.79 Å². The van der Waals surface area contributed by atoms with Crippen molar-refractivity contribution in [2.24, 2.45) is 0 Å². The van der Waals surface area contributed by atoms with Gasteiger partial charge in [-0.2, -0.15) is 0 Å². The van der Waals surface area contributed by atoms with E-state index >= 15 is 0 Å². The first-order valence-electron chi connectivity index (χ1n) is 8.10. The van der Waals surface area contributed by atoms with Crippen LogP contribution in [0.3, 0.4) is 0 Å². The highest BCUT2D eigenvalue weighted by Gasteiger charge is 2.37. The van der Waals surface area contributed by atoms with Gasteiger partial charge in [-0.15, -0.1) is 0 Å². The molecular formula is C18H24N2O4. The molecule has 0 N–H and O–H groups in total. The third-order valence-electron chi connectivity index (χ3n) is 3.83. The highest BCUT2D eigenvalue weighted by atomic mass is 16.6. The van der Waals surface area contributed by atoms with Gasteiger partial charge in [0.2, 0.25) is 0 Å². The second-order valence-electron chi connectivity index (χ2n) is 6.88. The quantitative estimate of drug-likeness (QED) is 0.795. The van der Waals surface area contributed by atoms with Crippen LogP contribution in [-0.2, 0) is 4.74 Å². The van der Waals surface area contributed by atoms with Crippen molar-refractivity contribution in [1.29, 1.82) is 0 Å². The van der Waals surface area contributed by atoms with Crippen LogP contribution in [0.25, 0.3) is 0 Å². The van der Waals surface area contributed by atoms with E-state index in [1.165, 1.54) is 9.80 Å². The molecule has 1 aromatic rings. The highest BCUT2D eigenvalue weighted by molar-refractivity contribution is 6.21. The molecule has 0 aromatic heterocycles. The zero-order valence-corrected chi connectivity index (χ0v) is 14.8. The monoisotopic (exact) mass is 332 g/mol. The number of hydrogen-bond acceptors (Lipinski definition) is 4. The van der Waals surface area contributed by atoms with Crippen LogP contribution in [0.15, 0.2) is 24.3 Å². The van der Waals surface area contributed by atoms with E-state index < -0.39 is 11.7 Å². The lowest BCUT2D eigenvalue weighted by Crippen LogP contribution is -2.48. The molecule has 1 aliphatic rings. The summed E-state index contributed by atoms with van der Waals surface area (Å²) < 4.78 is 5.39. The summed E-state index contributed by atoms with van der Waals surface area (Å²) in [7, 11) is 0. The van der Waals surface area contributed by atoms with Crippen molar-refractivity contribution in [3.05, 3.63) is 35.4 Å². The molecule has 0 saturated heterocycles. The minimum atomic E-state index is -0.597. The Morgan fingerprint density at radius 1 is 1.17 bits per heavy atom. The Labute approximate surface area is 142 Å². The molecule has 0 spiro atoms. The largest absolute Gasteiger partial charge is 0.444 e. The SMILES string of the molecule is CCN(C(=O)OC(C)(C)C)[C@@H](C)CN1C(=O)c2ccccc2C1=O. The van der Waals surface area contributed by atoms with E-state index in [0.29, 0.717) is 17.7 Å². The van der Waals surface area contributed by atoms with Gasteiger partial charge in [-0.1, -0.05) is 12.1 Å². The summed E-state index contributed by atoms with van der Waals surface area (Å²) in [4.78, 5) is 39.9. The number of rotatable bonds is 4. The Morgan fingerprint density at radius 3 is 2.08 bits per heavy atom. The van der Waals surface area contributed by atoms with Crippen molar-refractivity contribution in [2.75, 3.05) is 13.1 Å². The number of likely N-dealkylation sites (N-methyl/N-ethyl adjacent to an activating group) is 1. The van der Waals surface area contributed by atoms with Crippen molar-refractivity contribution in [3.8, 4) is 0 Å². The van der Waals surface area contributed by atoms with Crippen molar-refractivity contribution >= 4 is 17.9 Å². The maximum atomic E-state index is 12.4. The molecule has 1 atom stereocenters. The number of benzene rings is 1. The number of amides is 3. The summed E-state index contributed by atoms with van der Waals surface area (Å²) in [6.45, 7) is 9.60. The van der Waals surface area contributed by atoms with Crippen LogP contribution in [0.1, 0.15) is 55.3 Å². The van der Waals surface area contributed by atoms with Crippen LogP contribution in [0.2, 0.25) is 0 Å². The van der Waals surface area contributed by atoms with Crippen molar-refractivity contribution in [1.82, 2.24) is 9.80 Å². The third-order valence-corrected chi connectivity index (χ3v) is 3.83. The zero-order chi connectivity index (χ0) is 18.1. The van der Waals surface area contributed by atoms with Gasteiger partial charge in [-0.05, 0) is 46.8 Å². The normalized spacial score (nSPS) is 15.3. The maximum Gasteiger partial charge on any atom is 0.410 e. The molecular weight excluding hydrogens is 308 g/mol. The van der Waals surface area contributed by atoms with Crippen molar-refractivity contribution in [3.63, 3.8) is 0 Å². The van der Waals surface area contributed by atoms with E-state index in [1.54, 1.807) is 52.0 Å². The van der Waals surface area contributed by atoms with Gasteiger partial charge in [0.1, 0.15) is 5.60 Å². The first kappa shape index (κ1) is 18.0. The molecule has 3 amide bonds. The summed E-state index contributed by atoms with van der Waals surface area (Å²) >= 11 is 0. The molecule has 1 aromatic carbocycles. The van der Waals surface area contributed by atoms with Gasteiger partial charge in [0.25, 0.3) is 11.8 Å². The fraction of sp³-hybridized carbons (Fsp3) is 0.500. The molecule has 0 radical (unpaired) electrons. The van der Waals surface area contributed by atoms with Gasteiger partial charge in [0.05, 0.1) is 17.2 Å². The molecule has 0 unspecified atom stereocenters. The molecule has 0 bridgehead atoms. The third kappa shape index (κ3) is 3.58. The number of carbonyl (C=O) groups is 3. The average Bonchev–Trinajstić information content (AvgIpc) is 2.72. The second-order valence-corrected chi connectivity index (χ2v) is 6.88. The number of carbonyl (C=O) groups excluding carboxylic acids is 3. The smallest absolute Gasteiger partial charge is 0.410 e. The number of ether oxygens (including phenoxy) is 1. The first-order valence-corrected chi connectivity index (χ1v) is 8.10. The predicted molar refractivity (Wildman–Crippen MR) is 89.9 cm³/mol. The summed E-state index contributed by atoms with van der Waals surface area (Å²) in [5.74, 6) is -0.634. The molecule has 1 heterocycles. The second kappa shape index (κ2) is 6.63. The van der Waals surface area contributed by atoms with Gasteiger partial charge >= 0.3 is 6.09 Å². The van der Waals surface area contributed by atoms with Crippen molar-refractivity contribution < 1.29 is 19.1 Å². The lowest BCUT2D eigenvalue weighted by Gasteiger charge is -2.32. The summed E-state index contributed by atoms with van der Waals surface area (Å²) in [5.41, 5.74) is 0.227. The number of nitrogens with zero attached hydrogens (tertiary/aromatic N) is 2. The van der Waals surface area contributed by atoms with E-state index in [1.807, 2.05) is 6.92 Å². The van der Waals surface area contributed by atoms with Gasteiger partial charge in [-0.3, -0.25) is 14.5 Å². The summed E-state index contributed by atoms with van der Waals surface area (Å²) in [6.07, 6.45) is -0.450. The van der Waals surface area contributed by atoms with Gasteiger partial charge in [0, 0.05) is 13.1 Å². The highest BCUT2D eigenvalue weighted by Crippen LogP contribution is 2.23. The molecule has 6 heteroatoms. The summed E-state index contributed by atoms with van der Waals surface area (Å²) in [6, 6.07) is 6.41. The van der Waals surface area contributed by atoms with E-state index in [9.17, 15) is 14.4 Å². The Kier molecular flexibility index (Phi) is 4.96. The van der Waals surface area contributed by atoms with Gasteiger partial charge in [-0.25, -0.2) is 4.79 Å². The van der Waals surface area contributed by atoms with Crippen LogP contribution >= 0.6 is 0 Å². The fourth-order valence-corrected chi connectivity index (χ4v) is 2.71. The number of fused-ring (bicyclic) bond motifs is 1. The van der Waals surface area contributed by atoms with E-state index in [2.05, 4.69) is 0 Å². The standard InChI is InChI=1S/C18H24N2O4/c1-6-19(17(23)24-18(3,4)5)12(2)11-20-15(21)13-9-7-8-10-14(13)16(20)22/h7-10,12H,6,11H2,1-5H3/t12-/m0/s1. The molecule has 1 aliphatic heterocycles. The number of hydrogen-bond donors (Lipinski definition) is 0. The molecule has 0 aliphatic carbocycles. The molecule has 24 heavy (non-hydrogen) atoms. The lowest BCUT2D eigenvalue weighted by molar-refractivity contribution is 0.0151. The Balaban J connectivity index is 2.11. The van der Waals surface area contributed by atoms with Crippen molar-refractivity contribution in [2.45, 2.75) is 46.3 Å². The minimum absolute atomic E-state index is 0.138. The number of imide groups is 1. The first-order chi connectivity index (χ1) is 11.2. The van der Waals surface area contributed by atoms with E-state index in [0.717, 1.165) is 0 Å².